The molecule has 1 unspecified atom stereocenters. The summed E-state index contributed by atoms with van der Waals surface area (Å²) in [5.41, 5.74) is 7.48. The number of hydrogen-bond donors (Lipinski definition) is 1. The SMILES string of the molecule is Cc1nn(C2CCCC2(C)C)c(N)c1I. The fraction of sp³-hybridized carbons (Fsp3) is 0.727. The van der Waals surface area contributed by atoms with E-state index in [9.17, 15) is 0 Å². The summed E-state index contributed by atoms with van der Waals surface area (Å²) < 4.78 is 3.15. The molecule has 1 aromatic rings. The Balaban J connectivity index is 2.42. The van der Waals surface area contributed by atoms with E-state index in [1.807, 2.05) is 11.6 Å². The van der Waals surface area contributed by atoms with Crippen molar-refractivity contribution < 1.29 is 0 Å². The minimum absolute atomic E-state index is 0.329. The number of rotatable bonds is 1. The number of nitrogens with zero attached hydrogens (tertiary/aromatic N) is 2. The van der Waals surface area contributed by atoms with Gasteiger partial charge in [0.2, 0.25) is 0 Å². The molecule has 1 aliphatic rings. The summed E-state index contributed by atoms with van der Waals surface area (Å²) in [5, 5.41) is 4.57. The Hall–Kier alpha value is -0.260. The summed E-state index contributed by atoms with van der Waals surface area (Å²) in [4.78, 5) is 0. The van der Waals surface area contributed by atoms with Gasteiger partial charge in [-0.2, -0.15) is 5.10 Å². The van der Waals surface area contributed by atoms with Gasteiger partial charge >= 0.3 is 0 Å². The van der Waals surface area contributed by atoms with Crippen LogP contribution >= 0.6 is 22.6 Å². The zero-order valence-corrected chi connectivity index (χ0v) is 11.7. The fourth-order valence-electron chi connectivity index (χ4n) is 2.54. The molecular formula is C11H18IN3. The van der Waals surface area contributed by atoms with Gasteiger partial charge in [-0.3, -0.25) is 0 Å². The molecule has 2 rings (SSSR count). The van der Waals surface area contributed by atoms with Crippen molar-refractivity contribution >= 4 is 28.4 Å². The van der Waals surface area contributed by atoms with E-state index in [1.54, 1.807) is 0 Å². The molecule has 0 spiro atoms. The summed E-state index contributed by atoms with van der Waals surface area (Å²) >= 11 is 2.28. The summed E-state index contributed by atoms with van der Waals surface area (Å²) in [5.74, 6) is 0.841. The number of halogens is 1. The van der Waals surface area contributed by atoms with Gasteiger partial charge < -0.3 is 5.73 Å². The Morgan fingerprint density at radius 2 is 2.20 bits per heavy atom. The van der Waals surface area contributed by atoms with Gasteiger partial charge in [-0.15, -0.1) is 0 Å². The highest BCUT2D eigenvalue weighted by Gasteiger charge is 2.37. The molecular weight excluding hydrogens is 301 g/mol. The Morgan fingerprint density at radius 1 is 1.53 bits per heavy atom. The summed E-state index contributed by atoms with van der Waals surface area (Å²) in [6.07, 6.45) is 3.76. The van der Waals surface area contributed by atoms with Gasteiger partial charge in [0.25, 0.3) is 0 Å². The zero-order chi connectivity index (χ0) is 11.2. The monoisotopic (exact) mass is 319 g/mol. The maximum atomic E-state index is 6.10. The highest BCUT2D eigenvalue weighted by atomic mass is 127. The Labute approximate surface area is 105 Å². The molecule has 1 saturated carbocycles. The number of nitrogens with two attached hydrogens (primary N) is 1. The molecule has 1 aromatic heterocycles. The van der Waals surface area contributed by atoms with Crippen LogP contribution in [-0.2, 0) is 0 Å². The van der Waals surface area contributed by atoms with E-state index < -0.39 is 0 Å². The summed E-state index contributed by atoms with van der Waals surface area (Å²) in [7, 11) is 0. The van der Waals surface area contributed by atoms with E-state index in [1.165, 1.54) is 19.3 Å². The molecule has 3 nitrogen and oxygen atoms in total. The second kappa shape index (κ2) is 3.64. The molecule has 1 heterocycles. The standard InChI is InChI=1S/C11H18IN3/c1-7-9(12)10(13)15(14-7)8-5-4-6-11(8,2)3/h8H,4-6,13H2,1-3H3. The first kappa shape index (κ1) is 11.2. The van der Waals surface area contributed by atoms with Crippen LogP contribution in [0.15, 0.2) is 0 Å². The topological polar surface area (TPSA) is 43.8 Å². The van der Waals surface area contributed by atoms with Crippen LogP contribution in [-0.4, -0.2) is 9.78 Å². The molecule has 0 saturated heterocycles. The Kier molecular flexibility index (Phi) is 2.73. The summed E-state index contributed by atoms with van der Waals surface area (Å²) in [6, 6.07) is 0.472. The van der Waals surface area contributed by atoms with Gasteiger partial charge in [0.05, 0.1) is 15.3 Å². The lowest BCUT2D eigenvalue weighted by Gasteiger charge is -2.27. The number of nitrogen functional groups attached to an aromatic ring is 1. The van der Waals surface area contributed by atoms with Crippen molar-refractivity contribution in [3.8, 4) is 0 Å². The van der Waals surface area contributed by atoms with E-state index >= 15 is 0 Å². The average molecular weight is 319 g/mol. The van der Waals surface area contributed by atoms with E-state index in [4.69, 9.17) is 5.73 Å². The number of anilines is 1. The molecule has 1 atom stereocenters. The van der Waals surface area contributed by atoms with Crippen LogP contribution in [0.1, 0.15) is 44.8 Å². The predicted octanol–water partition coefficient (Wildman–Crippen LogP) is 3.13. The normalized spacial score (nSPS) is 24.7. The van der Waals surface area contributed by atoms with Crippen molar-refractivity contribution in [2.24, 2.45) is 5.41 Å². The van der Waals surface area contributed by atoms with Crippen LogP contribution in [0.2, 0.25) is 0 Å². The third kappa shape index (κ3) is 1.77. The lowest BCUT2D eigenvalue weighted by Crippen LogP contribution is -2.23. The predicted molar refractivity (Wildman–Crippen MR) is 70.8 cm³/mol. The lowest BCUT2D eigenvalue weighted by atomic mass is 9.87. The minimum atomic E-state index is 0.329. The van der Waals surface area contributed by atoms with Gasteiger partial charge in [-0.1, -0.05) is 20.3 Å². The van der Waals surface area contributed by atoms with E-state index in [2.05, 4.69) is 41.5 Å². The first-order valence-electron chi connectivity index (χ1n) is 5.43. The van der Waals surface area contributed by atoms with E-state index in [0.717, 1.165) is 15.1 Å². The minimum Gasteiger partial charge on any atom is -0.383 e. The van der Waals surface area contributed by atoms with Gasteiger partial charge in [-0.05, 0) is 47.8 Å². The van der Waals surface area contributed by atoms with Crippen molar-refractivity contribution in [1.82, 2.24) is 9.78 Å². The molecule has 1 aliphatic carbocycles. The van der Waals surface area contributed by atoms with Crippen LogP contribution in [0, 0.1) is 15.9 Å². The molecule has 4 heteroatoms. The van der Waals surface area contributed by atoms with Crippen molar-refractivity contribution in [3.63, 3.8) is 0 Å². The Morgan fingerprint density at radius 3 is 2.60 bits per heavy atom. The van der Waals surface area contributed by atoms with Crippen LogP contribution < -0.4 is 5.73 Å². The largest absolute Gasteiger partial charge is 0.383 e. The molecule has 15 heavy (non-hydrogen) atoms. The highest BCUT2D eigenvalue weighted by Crippen LogP contribution is 2.46. The number of aryl methyl sites for hydroxylation is 1. The molecule has 0 amide bonds. The molecule has 0 radical (unpaired) electrons. The van der Waals surface area contributed by atoms with E-state index in [-0.39, 0.29) is 0 Å². The lowest BCUT2D eigenvalue weighted by molar-refractivity contribution is 0.246. The smallest absolute Gasteiger partial charge is 0.135 e. The number of aromatic nitrogens is 2. The number of hydrogen-bond acceptors (Lipinski definition) is 2. The average Bonchev–Trinajstić information content (AvgIpc) is 2.61. The van der Waals surface area contributed by atoms with Gasteiger partial charge in [0.1, 0.15) is 5.82 Å². The Bertz CT molecular complexity index is 381. The molecule has 0 aliphatic heterocycles. The first-order valence-corrected chi connectivity index (χ1v) is 6.51. The quantitative estimate of drug-likeness (QED) is 0.808. The highest BCUT2D eigenvalue weighted by molar-refractivity contribution is 14.1. The molecule has 1 fully saturated rings. The molecule has 84 valence electrons. The molecule has 0 bridgehead atoms. The van der Waals surface area contributed by atoms with Crippen LogP contribution in [0.5, 0.6) is 0 Å². The third-order valence-corrected chi connectivity index (χ3v) is 4.88. The third-order valence-electron chi connectivity index (χ3n) is 3.54. The van der Waals surface area contributed by atoms with Gasteiger partial charge in [0, 0.05) is 0 Å². The second-order valence-electron chi connectivity index (χ2n) is 5.13. The van der Waals surface area contributed by atoms with Crippen LogP contribution in [0.3, 0.4) is 0 Å². The van der Waals surface area contributed by atoms with Crippen LogP contribution in [0.25, 0.3) is 0 Å². The summed E-state index contributed by atoms with van der Waals surface area (Å²) in [6.45, 7) is 6.65. The van der Waals surface area contributed by atoms with Crippen molar-refractivity contribution in [2.75, 3.05) is 5.73 Å². The van der Waals surface area contributed by atoms with E-state index in [0.29, 0.717) is 11.5 Å². The fourth-order valence-corrected chi connectivity index (χ4v) is 2.90. The van der Waals surface area contributed by atoms with Gasteiger partial charge in [0.15, 0.2) is 0 Å². The molecule has 2 N–H and O–H groups in total. The van der Waals surface area contributed by atoms with Crippen molar-refractivity contribution in [1.29, 1.82) is 0 Å². The van der Waals surface area contributed by atoms with Crippen LogP contribution in [0.4, 0.5) is 5.82 Å². The maximum absolute atomic E-state index is 6.10. The van der Waals surface area contributed by atoms with Gasteiger partial charge in [-0.25, -0.2) is 4.68 Å². The molecule has 0 aromatic carbocycles. The van der Waals surface area contributed by atoms with Crippen molar-refractivity contribution in [2.45, 2.75) is 46.1 Å². The zero-order valence-electron chi connectivity index (χ0n) is 9.55. The first-order chi connectivity index (χ1) is 6.93. The maximum Gasteiger partial charge on any atom is 0.135 e. The van der Waals surface area contributed by atoms with Crippen molar-refractivity contribution in [3.05, 3.63) is 9.26 Å². The second-order valence-corrected chi connectivity index (χ2v) is 6.20.